The van der Waals surface area contributed by atoms with Gasteiger partial charge in [-0.25, -0.2) is 0 Å². The lowest BCUT2D eigenvalue weighted by atomic mass is 9.63. The number of ether oxygens (including phenoxy) is 1. The van der Waals surface area contributed by atoms with Crippen LogP contribution in [0.25, 0.3) is 0 Å². The lowest BCUT2D eigenvalue weighted by Gasteiger charge is -2.45. The lowest BCUT2D eigenvalue weighted by Crippen LogP contribution is -2.49. The predicted octanol–water partition coefficient (Wildman–Crippen LogP) is 3.30. The molecule has 0 aliphatic heterocycles. The van der Waals surface area contributed by atoms with Crippen LogP contribution in [0.3, 0.4) is 0 Å². The molecule has 0 saturated heterocycles. The molecule has 2 bridgehead atoms. The van der Waals surface area contributed by atoms with Crippen molar-refractivity contribution in [1.82, 2.24) is 0 Å². The van der Waals surface area contributed by atoms with Crippen LogP contribution in [0.2, 0.25) is 0 Å². The Labute approximate surface area is 116 Å². The molecule has 0 spiro atoms. The maximum atomic E-state index is 12.1. The van der Waals surface area contributed by atoms with E-state index in [2.05, 4.69) is 20.8 Å². The fourth-order valence-corrected chi connectivity index (χ4v) is 4.30. The van der Waals surface area contributed by atoms with E-state index in [1.54, 1.807) is 0 Å². The van der Waals surface area contributed by atoms with Crippen LogP contribution in [0.5, 0.6) is 0 Å². The maximum Gasteiger partial charge on any atom is 0.309 e. The minimum absolute atomic E-state index is 0.101. The van der Waals surface area contributed by atoms with Gasteiger partial charge in [-0.15, -0.1) is 0 Å². The highest BCUT2D eigenvalue weighted by Crippen LogP contribution is 2.70. The molecule has 1 N–H and O–H groups in total. The number of fused-ring (bicyclic) bond motifs is 2. The molecule has 2 aliphatic rings. The van der Waals surface area contributed by atoms with Gasteiger partial charge in [0.15, 0.2) is 0 Å². The van der Waals surface area contributed by atoms with Crippen LogP contribution in [-0.2, 0) is 9.53 Å². The lowest BCUT2D eigenvalue weighted by molar-refractivity contribution is -0.168. The Kier molecular flexibility index (Phi) is 3.10. The minimum Gasteiger partial charge on any atom is -0.460 e. The summed E-state index contributed by atoms with van der Waals surface area (Å²) in [6, 6.07) is 0. The predicted molar refractivity (Wildman–Crippen MR) is 74.6 cm³/mol. The minimum atomic E-state index is -0.901. The molecule has 2 aliphatic carbocycles. The smallest absolute Gasteiger partial charge is 0.309 e. The van der Waals surface area contributed by atoms with Gasteiger partial charge in [0.2, 0.25) is 0 Å². The third kappa shape index (κ3) is 2.10. The fraction of sp³-hybridized carbons (Fsp3) is 0.938. The van der Waals surface area contributed by atoms with Crippen molar-refractivity contribution in [1.29, 1.82) is 0 Å². The number of aliphatic hydroxyl groups is 1. The normalized spacial score (nSPS) is 40.5. The van der Waals surface area contributed by atoms with Crippen molar-refractivity contribution in [3.63, 3.8) is 0 Å². The molecule has 3 atom stereocenters. The Morgan fingerprint density at radius 2 is 1.89 bits per heavy atom. The molecular weight excluding hydrogens is 240 g/mol. The Morgan fingerprint density at radius 1 is 1.32 bits per heavy atom. The van der Waals surface area contributed by atoms with Crippen LogP contribution in [0.4, 0.5) is 0 Å². The SMILES string of the molecule is CC(C)(C)OC(=O)CC1(O)CC2CCC1(C)C2(C)C. The van der Waals surface area contributed by atoms with Crippen molar-refractivity contribution in [2.75, 3.05) is 0 Å². The second-order valence-corrected chi connectivity index (χ2v) is 8.29. The van der Waals surface area contributed by atoms with Crippen molar-refractivity contribution in [3.05, 3.63) is 0 Å². The van der Waals surface area contributed by atoms with E-state index >= 15 is 0 Å². The van der Waals surface area contributed by atoms with Crippen LogP contribution in [0, 0.1) is 16.7 Å². The van der Waals surface area contributed by atoms with Gasteiger partial charge in [0.05, 0.1) is 12.0 Å². The molecule has 2 saturated carbocycles. The Hall–Kier alpha value is -0.570. The van der Waals surface area contributed by atoms with E-state index < -0.39 is 11.2 Å². The molecule has 0 aromatic heterocycles. The molecule has 0 heterocycles. The third-order valence-electron chi connectivity index (χ3n) is 5.90. The first-order valence-electron chi connectivity index (χ1n) is 7.36. The first-order chi connectivity index (χ1) is 8.41. The van der Waals surface area contributed by atoms with Crippen molar-refractivity contribution in [3.8, 4) is 0 Å². The van der Waals surface area contributed by atoms with Gasteiger partial charge in [-0.05, 0) is 51.4 Å². The van der Waals surface area contributed by atoms with Gasteiger partial charge in [0.1, 0.15) is 5.60 Å². The zero-order valence-corrected chi connectivity index (χ0v) is 13.2. The van der Waals surface area contributed by atoms with Gasteiger partial charge in [-0.1, -0.05) is 20.8 Å². The first kappa shape index (κ1) is 14.8. The van der Waals surface area contributed by atoms with Crippen molar-refractivity contribution >= 4 is 5.97 Å². The van der Waals surface area contributed by atoms with Crippen molar-refractivity contribution < 1.29 is 14.6 Å². The number of esters is 1. The van der Waals surface area contributed by atoms with E-state index in [-0.39, 0.29) is 23.2 Å². The van der Waals surface area contributed by atoms with E-state index in [0.29, 0.717) is 5.92 Å². The Balaban J connectivity index is 2.16. The van der Waals surface area contributed by atoms with Gasteiger partial charge >= 0.3 is 5.97 Å². The molecule has 110 valence electrons. The van der Waals surface area contributed by atoms with Crippen molar-refractivity contribution in [2.45, 2.75) is 78.4 Å². The summed E-state index contributed by atoms with van der Waals surface area (Å²) >= 11 is 0. The van der Waals surface area contributed by atoms with Gasteiger partial charge in [-0.3, -0.25) is 4.79 Å². The molecule has 3 unspecified atom stereocenters. The van der Waals surface area contributed by atoms with E-state index in [1.807, 2.05) is 20.8 Å². The molecule has 0 aromatic rings. The highest BCUT2D eigenvalue weighted by atomic mass is 16.6. The molecule has 3 nitrogen and oxygen atoms in total. The fourth-order valence-electron chi connectivity index (χ4n) is 4.30. The average molecular weight is 268 g/mol. The summed E-state index contributed by atoms with van der Waals surface area (Å²) in [6.07, 6.45) is 3.03. The Morgan fingerprint density at radius 3 is 2.26 bits per heavy atom. The van der Waals surface area contributed by atoms with Crippen LogP contribution in [0.15, 0.2) is 0 Å². The van der Waals surface area contributed by atoms with Crippen LogP contribution < -0.4 is 0 Å². The summed E-state index contributed by atoms with van der Waals surface area (Å²) in [6.45, 7) is 12.2. The summed E-state index contributed by atoms with van der Waals surface area (Å²) in [7, 11) is 0. The number of rotatable bonds is 2. The van der Waals surface area contributed by atoms with Gasteiger partial charge < -0.3 is 9.84 Å². The molecule has 0 radical (unpaired) electrons. The molecule has 2 fully saturated rings. The standard InChI is InChI=1S/C16H28O3/c1-13(2,3)19-12(17)10-16(18)9-11-7-8-15(16,6)14(11,4)5/h11,18H,7-10H2,1-6H3. The molecule has 0 aromatic carbocycles. The van der Waals surface area contributed by atoms with Gasteiger partial charge in [0.25, 0.3) is 0 Å². The summed E-state index contributed by atoms with van der Waals surface area (Å²) < 4.78 is 5.39. The number of carbonyl (C=O) groups excluding carboxylic acids is 1. The van der Waals surface area contributed by atoms with Crippen molar-refractivity contribution in [2.24, 2.45) is 16.7 Å². The number of hydrogen-bond donors (Lipinski definition) is 1. The largest absolute Gasteiger partial charge is 0.460 e. The summed E-state index contributed by atoms with van der Waals surface area (Å²) in [5, 5.41) is 11.0. The van der Waals surface area contributed by atoms with Crippen LogP contribution >= 0.6 is 0 Å². The topological polar surface area (TPSA) is 46.5 Å². The molecular formula is C16H28O3. The van der Waals surface area contributed by atoms with Crippen LogP contribution in [-0.4, -0.2) is 22.3 Å². The van der Waals surface area contributed by atoms with Crippen LogP contribution in [0.1, 0.15) is 67.2 Å². The monoisotopic (exact) mass is 268 g/mol. The van der Waals surface area contributed by atoms with E-state index in [4.69, 9.17) is 4.74 Å². The zero-order chi connectivity index (χ0) is 14.7. The summed E-state index contributed by atoms with van der Waals surface area (Å²) in [5.74, 6) is 0.240. The molecule has 0 amide bonds. The summed E-state index contributed by atoms with van der Waals surface area (Å²) in [5.41, 5.74) is -1.46. The van der Waals surface area contributed by atoms with E-state index in [9.17, 15) is 9.90 Å². The number of carbonyl (C=O) groups is 1. The molecule has 3 heteroatoms. The average Bonchev–Trinajstić information content (AvgIpc) is 2.45. The number of hydrogen-bond acceptors (Lipinski definition) is 3. The molecule has 2 rings (SSSR count). The quantitative estimate of drug-likeness (QED) is 0.782. The van der Waals surface area contributed by atoms with Gasteiger partial charge in [-0.2, -0.15) is 0 Å². The molecule has 19 heavy (non-hydrogen) atoms. The highest BCUT2D eigenvalue weighted by molar-refractivity contribution is 5.71. The Bertz CT molecular complexity index is 393. The van der Waals surface area contributed by atoms with E-state index in [0.717, 1.165) is 12.8 Å². The second-order valence-electron chi connectivity index (χ2n) is 8.29. The second kappa shape index (κ2) is 3.97. The first-order valence-corrected chi connectivity index (χ1v) is 7.36. The van der Waals surface area contributed by atoms with E-state index in [1.165, 1.54) is 6.42 Å². The third-order valence-corrected chi connectivity index (χ3v) is 5.90. The van der Waals surface area contributed by atoms with Gasteiger partial charge in [0, 0.05) is 5.41 Å². The summed E-state index contributed by atoms with van der Waals surface area (Å²) in [4.78, 5) is 12.1. The zero-order valence-electron chi connectivity index (χ0n) is 13.2. The maximum absolute atomic E-state index is 12.1. The highest BCUT2D eigenvalue weighted by Gasteiger charge is 2.68.